The number of carbonyl (C=O) groups is 2. The molecule has 2 spiro atoms. The first-order chi connectivity index (χ1) is 9.88. The molecule has 110 valence electrons. The van der Waals surface area contributed by atoms with Gasteiger partial charge < -0.3 is 0 Å². The molecule has 10 atom stereocenters. The second kappa shape index (κ2) is 2.32. The highest BCUT2D eigenvalue weighted by Crippen LogP contribution is 3.07. The Hall–Kier alpha value is -0.860. The van der Waals surface area contributed by atoms with Crippen LogP contribution in [0.2, 0.25) is 0 Å². The molecule has 1 heterocycles. The lowest BCUT2D eigenvalue weighted by molar-refractivity contribution is -0.563. The Balaban J connectivity index is 1.49. The van der Waals surface area contributed by atoms with E-state index in [-0.39, 0.29) is 23.7 Å². The first-order valence-corrected chi connectivity index (χ1v) is 8.70. The average molecular weight is 283 g/mol. The lowest BCUT2D eigenvalue weighted by Gasteiger charge is -3.02. The van der Waals surface area contributed by atoms with Crippen LogP contribution in [0.3, 0.4) is 0 Å². The molecule has 3 heteroatoms. The van der Waals surface area contributed by atoms with Gasteiger partial charge in [0.15, 0.2) is 0 Å². The van der Waals surface area contributed by atoms with Gasteiger partial charge in [-0.1, -0.05) is 13.8 Å². The average Bonchev–Trinajstić information content (AvgIpc) is 2.76. The van der Waals surface area contributed by atoms with Gasteiger partial charge in [0.25, 0.3) is 0 Å². The predicted molar refractivity (Wildman–Crippen MR) is 73.6 cm³/mol. The summed E-state index contributed by atoms with van der Waals surface area (Å²) in [5.41, 5.74) is 1.42. The second-order valence-corrected chi connectivity index (χ2v) is 10.1. The molecule has 8 rings (SSSR count). The molecule has 8 aliphatic rings. The fraction of sp³-hybridized carbons (Fsp3) is 0.889. The van der Waals surface area contributed by atoms with Crippen LogP contribution in [-0.4, -0.2) is 23.8 Å². The van der Waals surface area contributed by atoms with Crippen molar-refractivity contribution in [2.24, 2.45) is 63.6 Å². The summed E-state index contributed by atoms with van der Waals surface area (Å²) >= 11 is 0. The SMILES string of the molecule is CN1C(=O)[C@H]2[C@H](C1=O)[C@H]1[C@H]3[C@@H]4[C@@H]2[C@]25CC(C)(C)C[C@@]12[C@@H]3[C@H]45. The molecule has 2 amide bonds. The standard InChI is InChI=1S/C18H21NO2/c1-16(2)4-17-10-6-7-11(18(17,5-16)13(7)12(6)17)9-8(10)14(20)19(3)15(9)21/h6-13H,4-5H2,1-3H3/t6-,7-,8+,9+,10-,11+,12+,13+,17+,18+/m1/s1. The van der Waals surface area contributed by atoms with Crippen molar-refractivity contribution < 1.29 is 9.59 Å². The normalized spacial score (nSPS) is 72.0. The Labute approximate surface area is 124 Å². The van der Waals surface area contributed by atoms with Gasteiger partial charge in [0, 0.05) is 7.05 Å². The van der Waals surface area contributed by atoms with E-state index in [0.717, 1.165) is 23.7 Å². The van der Waals surface area contributed by atoms with Gasteiger partial charge in [0.05, 0.1) is 11.8 Å². The number of imide groups is 1. The Kier molecular flexibility index (Phi) is 1.19. The minimum absolute atomic E-state index is 0.0771. The Morgan fingerprint density at radius 2 is 1.29 bits per heavy atom. The Morgan fingerprint density at radius 1 is 0.857 bits per heavy atom. The van der Waals surface area contributed by atoms with Crippen LogP contribution in [-0.2, 0) is 9.59 Å². The molecule has 0 aromatic carbocycles. The van der Waals surface area contributed by atoms with Crippen molar-refractivity contribution in [3.05, 3.63) is 0 Å². The number of hydrogen-bond acceptors (Lipinski definition) is 2. The minimum Gasteiger partial charge on any atom is -0.285 e. The van der Waals surface area contributed by atoms with E-state index in [2.05, 4.69) is 13.8 Å². The van der Waals surface area contributed by atoms with Crippen molar-refractivity contribution in [2.75, 3.05) is 7.05 Å². The largest absolute Gasteiger partial charge is 0.285 e. The van der Waals surface area contributed by atoms with E-state index in [1.165, 1.54) is 17.7 Å². The third-order valence-electron chi connectivity index (χ3n) is 9.67. The van der Waals surface area contributed by atoms with Crippen LogP contribution in [0.25, 0.3) is 0 Å². The van der Waals surface area contributed by atoms with Crippen LogP contribution in [0.15, 0.2) is 0 Å². The maximum Gasteiger partial charge on any atom is 0.233 e. The summed E-state index contributed by atoms with van der Waals surface area (Å²) in [6, 6.07) is 0. The quantitative estimate of drug-likeness (QED) is 0.635. The maximum absolute atomic E-state index is 12.7. The summed E-state index contributed by atoms with van der Waals surface area (Å²) in [6.07, 6.45) is 2.67. The highest BCUT2D eigenvalue weighted by Gasteiger charge is 3.05. The second-order valence-electron chi connectivity index (χ2n) is 10.1. The van der Waals surface area contributed by atoms with E-state index in [0.29, 0.717) is 28.1 Å². The van der Waals surface area contributed by atoms with Crippen molar-refractivity contribution in [1.29, 1.82) is 0 Å². The minimum atomic E-state index is 0.0771. The van der Waals surface area contributed by atoms with Crippen LogP contribution in [0.4, 0.5) is 0 Å². The van der Waals surface area contributed by atoms with E-state index >= 15 is 0 Å². The molecule has 0 aromatic heterocycles. The summed E-state index contributed by atoms with van der Waals surface area (Å²) in [7, 11) is 1.72. The van der Waals surface area contributed by atoms with Crippen molar-refractivity contribution in [3.63, 3.8) is 0 Å². The Bertz CT molecular complexity index is 641. The number of nitrogens with zero attached hydrogens (tertiary/aromatic N) is 1. The van der Waals surface area contributed by atoms with Gasteiger partial charge in [-0.15, -0.1) is 0 Å². The molecule has 0 aromatic rings. The number of likely N-dealkylation sites (tertiary alicyclic amines) is 1. The van der Waals surface area contributed by atoms with Crippen LogP contribution in [0, 0.1) is 63.6 Å². The zero-order valence-electron chi connectivity index (χ0n) is 12.8. The maximum atomic E-state index is 12.7. The molecule has 0 N–H and O–H groups in total. The molecule has 7 saturated carbocycles. The zero-order valence-corrected chi connectivity index (χ0v) is 12.8. The third kappa shape index (κ3) is 0.608. The van der Waals surface area contributed by atoms with Crippen molar-refractivity contribution >= 4 is 11.8 Å². The first-order valence-electron chi connectivity index (χ1n) is 8.70. The third-order valence-corrected chi connectivity index (χ3v) is 9.67. The molecule has 2 bridgehead atoms. The smallest absolute Gasteiger partial charge is 0.233 e. The van der Waals surface area contributed by atoms with E-state index in [4.69, 9.17) is 0 Å². The first kappa shape index (κ1) is 10.8. The molecular weight excluding hydrogens is 262 g/mol. The van der Waals surface area contributed by atoms with E-state index in [1.54, 1.807) is 7.05 Å². The molecule has 1 aliphatic heterocycles. The van der Waals surface area contributed by atoms with Crippen molar-refractivity contribution in [3.8, 4) is 0 Å². The van der Waals surface area contributed by atoms with Gasteiger partial charge in [0.2, 0.25) is 11.8 Å². The number of rotatable bonds is 0. The van der Waals surface area contributed by atoms with E-state index < -0.39 is 0 Å². The number of hydrogen-bond donors (Lipinski definition) is 0. The lowest BCUT2D eigenvalue weighted by atomic mass is 9.01. The van der Waals surface area contributed by atoms with Crippen molar-refractivity contribution in [2.45, 2.75) is 26.7 Å². The molecule has 7 aliphatic carbocycles. The van der Waals surface area contributed by atoms with Crippen LogP contribution in [0.1, 0.15) is 26.7 Å². The van der Waals surface area contributed by atoms with Crippen LogP contribution < -0.4 is 0 Å². The molecular formula is C18H21NO2. The van der Waals surface area contributed by atoms with Gasteiger partial charge in [0.1, 0.15) is 0 Å². The summed E-state index contributed by atoms with van der Waals surface area (Å²) in [4.78, 5) is 26.9. The van der Waals surface area contributed by atoms with Gasteiger partial charge in [-0.2, -0.15) is 0 Å². The van der Waals surface area contributed by atoms with Gasteiger partial charge in [-0.25, -0.2) is 0 Å². The highest BCUT2D eigenvalue weighted by atomic mass is 16.2. The Morgan fingerprint density at radius 3 is 1.71 bits per heavy atom. The summed E-state index contributed by atoms with van der Waals surface area (Å²) in [6.45, 7) is 4.86. The molecule has 0 unspecified atom stereocenters. The van der Waals surface area contributed by atoms with Gasteiger partial charge >= 0.3 is 0 Å². The van der Waals surface area contributed by atoms with Crippen LogP contribution >= 0.6 is 0 Å². The van der Waals surface area contributed by atoms with E-state index in [9.17, 15) is 9.59 Å². The van der Waals surface area contributed by atoms with Crippen molar-refractivity contribution in [1.82, 2.24) is 4.90 Å². The molecule has 3 nitrogen and oxygen atoms in total. The topological polar surface area (TPSA) is 37.4 Å². The number of carbonyl (C=O) groups excluding carboxylic acids is 2. The number of amides is 2. The van der Waals surface area contributed by atoms with Crippen LogP contribution in [0.5, 0.6) is 0 Å². The predicted octanol–water partition coefficient (Wildman–Crippen LogP) is 1.78. The molecule has 21 heavy (non-hydrogen) atoms. The van der Waals surface area contributed by atoms with E-state index in [1.807, 2.05) is 0 Å². The van der Waals surface area contributed by atoms with Gasteiger partial charge in [-0.3, -0.25) is 14.5 Å². The fourth-order valence-corrected chi connectivity index (χ4v) is 10.3. The molecule has 8 fully saturated rings. The molecule has 1 saturated heterocycles. The molecule has 0 radical (unpaired) electrons. The zero-order chi connectivity index (χ0) is 14.3. The summed E-state index contributed by atoms with van der Waals surface area (Å²) in [5.74, 6) is 5.23. The van der Waals surface area contributed by atoms with Gasteiger partial charge in [-0.05, 0) is 64.6 Å². The summed E-state index contributed by atoms with van der Waals surface area (Å²) in [5, 5.41) is 0. The lowest BCUT2D eigenvalue weighted by Crippen LogP contribution is -3.00. The highest BCUT2D eigenvalue weighted by molar-refractivity contribution is 6.06. The monoisotopic (exact) mass is 283 g/mol. The summed E-state index contributed by atoms with van der Waals surface area (Å²) < 4.78 is 0. The fourth-order valence-electron chi connectivity index (χ4n) is 10.3.